The molecule has 1 N–H and O–H groups in total. The summed E-state index contributed by atoms with van der Waals surface area (Å²) in [4.78, 5) is 4.96. The van der Waals surface area contributed by atoms with Crippen molar-refractivity contribution >= 4 is 0 Å². The second-order valence-electron chi connectivity index (χ2n) is 6.87. The second kappa shape index (κ2) is 6.47. The molecular weight excluding hydrogens is 258 g/mol. The quantitative estimate of drug-likeness (QED) is 0.918. The fourth-order valence-corrected chi connectivity index (χ4v) is 3.73. The Hall–Kier alpha value is -0.900. The van der Waals surface area contributed by atoms with Gasteiger partial charge in [0.25, 0.3) is 0 Å². The van der Waals surface area contributed by atoms with Crippen LogP contribution < -0.4 is 5.32 Å². The zero-order valence-electron chi connectivity index (χ0n) is 13.7. The van der Waals surface area contributed by atoms with E-state index in [9.17, 15) is 0 Å². The number of hydrogen-bond acceptors (Lipinski definition) is 3. The van der Waals surface area contributed by atoms with E-state index in [1.54, 1.807) is 5.56 Å². The fraction of sp³-hybridized carbons (Fsp3) is 0.667. The molecule has 3 rings (SSSR count). The predicted molar refractivity (Wildman–Crippen MR) is 88.7 cm³/mol. The summed E-state index contributed by atoms with van der Waals surface area (Å²) in [5.41, 5.74) is 3.00. The van der Waals surface area contributed by atoms with Crippen LogP contribution in [-0.4, -0.2) is 56.6 Å². The largest absolute Gasteiger partial charge is 0.312 e. The number of piperazine rings is 1. The predicted octanol–water partition coefficient (Wildman–Crippen LogP) is 2.46. The topological polar surface area (TPSA) is 18.5 Å². The molecule has 1 aliphatic heterocycles. The van der Waals surface area contributed by atoms with Crippen LogP contribution in [0.5, 0.6) is 0 Å². The van der Waals surface area contributed by atoms with Crippen molar-refractivity contribution in [2.45, 2.75) is 37.3 Å². The van der Waals surface area contributed by atoms with Gasteiger partial charge < -0.3 is 10.2 Å². The number of benzene rings is 1. The Morgan fingerprint density at radius 3 is 2.67 bits per heavy atom. The van der Waals surface area contributed by atoms with Gasteiger partial charge in [0.05, 0.1) is 0 Å². The van der Waals surface area contributed by atoms with Gasteiger partial charge in [-0.05, 0) is 51.0 Å². The summed E-state index contributed by atoms with van der Waals surface area (Å²) in [5, 5.41) is 3.57. The Labute approximate surface area is 129 Å². The maximum Gasteiger partial charge on any atom is 0.0488 e. The smallest absolute Gasteiger partial charge is 0.0488 e. The molecule has 1 saturated carbocycles. The molecule has 0 aromatic heterocycles. The highest BCUT2D eigenvalue weighted by Gasteiger charge is 2.30. The van der Waals surface area contributed by atoms with E-state index >= 15 is 0 Å². The van der Waals surface area contributed by atoms with Gasteiger partial charge in [-0.1, -0.05) is 30.7 Å². The zero-order chi connectivity index (χ0) is 14.8. The number of hydrogen-bond donors (Lipinski definition) is 1. The van der Waals surface area contributed by atoms with Crippen LogP contribution in [0.4, 0.5) is 0 Å². The molecule has 0 amide bonds. The molecule has 3 nitrogen and oxygen atoms in total. The molecule has 1 aliphatic carbocycles. The fourth-order valence-electron chi connectivity index (χ4n) is 3.73. The molecule has 0 spiro atoms. The van der Waals surface area contributed by atoms with Gasteiger partial charge in [0.1, 0.15) is 0 Å². The molecule has 3 heteroatoms. The molecule has 21 heavy (non-hydrogen) atoms. The molecular formula is C18H29N3. The summed E-state index contributed by atoms with van der Waals surface area (Å²) in [6, 6.07) is 10.3. The minimum atomic E-state index is 0.415. The van der Waals surface area contributed by atoms with E-state index in [1.807, 2.05) is 0 Å². The highest BCUT2D eigenvalue weighted by molar-refractivity contribution is 5.30. The van der Waals surface area contributed by atoms with Gasteiger partial charge >= 0.3 is 0 Å². The Kier molecular flexibility index (Phi) is 4.63. The lowest BCUT2D eigenvalue weighted by atomic mass is 9.79. The lowest BCUT2D eigenvalue weighted by Gasteiger charge is -2.42. The van der Waals surface area contributed by atoms with Crippen molar-refractivity contribution in [2.24, 2.45) is 0 Å². The van der Waals surface area contributed by atoms with Crippen molar-refractivity contribution in [3.05, 3.63) is 35.4 Å². The van der Waals surface area contributed by atoms with Crippen LogP contribution in [-0.2, 0) is 0 Å². The monoisotopic (exact) mass is 287 g/mol. The van der Waals surface area contributed by atoms with Crippen molar-refractivity contribution < 1.29 is 0 Å². The van der Waals surface area contributed by atoms with Crippen molar-refractivity contribution in [3.63, 3.8) is 0 Å². The first-order chi connectivity index (χ1) is 10.2. The van der Waals surface area contributed by atoms with E-state index in [0.717, 1.165) is 19.0 Å². The highest BCUT2D eigenvalue weighted by atomic mass is 15.3. The molecule has 0 bridgehead atoms. The number of rotatable bonds is 4. The van der Waals surface area contributed by atoms with E-state index < -0.39 is 0 Å². The summed E-state index contributed by atoms with van der Waals surface area (Å²) < 4.78 is 0. The van der Waals surface area contributed by atoms with Crippen molar-refractivity contribution in [1.29, 1.82) is 0 Å². The highest BCUT2D eigenvalue weighted by Crippen LogP contribution is 2.37. The van der Waals surface area contributed by atoms with Gasteiger partial charge in [0, 0.05) is 31.7 Å². The van der Waals surface area contributed by atoms with Gasteiger partial charge in [0.2, 0.25) is 0 Å². The Bertz CT molecular complexity index is 469. The number of likely N-dealkylation sites (N-methyl/N-ethyl adjacent to an activating group) is 3. The van der Waals surface area contributed by atoms with Crippen LogP contribution in [0, 0.1) is 0 Å². The molecule has 1 saturated heterocycles. The van der Waals surface area contributed by atoms with Crippen LogP contribution in [0.1, 0.15) is 42.3 Å². The van der Waals surface area contributed by atoms with Gasteiger partial charge in [-0.25, -0.2) is 0 Å². The lowest BCUT2D eigenvalue weighted by molar-refractivity contribution is 0.0897. The van der Waals surface area contributed by atoms with Crippen LogP contribution in [0.2, 0.25) is 0 Å². The molecule has 1 aromatic rings. The molecule has 1 heterocycles. The first kappa shape index (κ1) is 15.0. The van der Waals surface area contributed by atoms with Crippen LogP contribution in [0.25, 0.3) is 0 Å². The maximum absolute atomic E-state index is 3.57. The molecule has 2 atom stereocenters. The van der Waals surface area contributed by atoms with Crippen molar-refractivity contribution in [1.82, 2.24) is 15.1 Å². The molecule has 1 aromatic carbocycles. The van der Waals surface area contributed by atoms with Crippen LogP contribution in [0.15, 0.2) is 24.3 Å². The van der Waals surface area contributed by atoms with Gasteiger partial charge in [-0.15, -0.1) is 0 Å². The average Bonchev–Trinajstić information content (AvgIpc) is 2.42. The molecule has 2 fully saturated rings. The lowest BCUT2D eigenvalue weighted by Crippen LogP contribution is -2.54. The third-order valence-corrected chi connectivity index (χ3v) is 5.44. The van der Waals surface area contributed by atoms with E-state index in [2.05, 4.69) is 60.5 Å². The van der Waals surface area contributed by atoms with Gasteiger partial charge in [-0.3, -0.25) is 4.90 Å². The van der Waals surface area contributed by atoms with E-state index in [-0.39, 0.29) is 0 Å². The summed E-state index contributed by atoms with van der Waals surface area (Å²) in [7, 11) is 6.60. The van der Waals surface area contributed by atoms with Gasteiger partial charge in [-0.2, -0.15) is 0 Å². The Morgan fingerprint density at radius 2 is 2.00 bits per heavy atom. The Balaban J connectivity index is 1.81. The molecule has 2 unspecified atom stereocenters. The first-order valence-corrected chi connectivity index (χ1v) is 8.35. The minimum absolute atomic E-state index is 0.415. The third kappa shape index (κ3) is 3.15. The van der Waals surface area contributed by atoms with Gasteiger partial charge in [0.15, 0.2) is 0 Å². The zero-order valence-corrected chi connectivity index (χ0v) is 13.7. The SMILES string of the molecule is CNC(c1cccc(C2CCC2)c1)C1CN(C)CCN1C. The normalized spacial score (nSPS) is 26.5. The third-order valence-electron chi connectivity index (χ3n) is 5.44. The summed E-state index contributed by atoms with van der Waals surface area (Å²) in [6.07, 6.45) is 4.15. The van der Waals surface area contributed by atoms with E-state index in [1.165, 1.54) is 31.4 Å². The standard InChI is InChI=1S/C18H29N3/c1-19-18(17-13-20(2)10-11-21(17)3)16-9-5-8-15(12-16)14-6-4-7-14/h5,8-9,12,14,17-19H,4,6-7,10-11,13H2,1-3H3. The minimum Gasteiger partial charge on any atom is -0.312 e. The molecule has 116 valence electrons. The number of nitrogens with zero attached hydrogens (tertiary/aromatic N) is 2. The second-order valence-corrected chi connectivity index (χ2v) is 6.87. The molecule has 2 aliphatic rings. The summed E-state index contributed by atoms with van der Waals surface area (Å²) >= 11 is 0. The maximum atomic E-state index is 3.57. The molecule has 0 radical (unpaired) electrons. The number of nitrogens with one attached hydrogen (secondary N) is 1. The Morgan fingerprint density at radius 1 is 1.19 bits per heavy atom. The van der Waals surface area contributed by atoms with Crippen LogP contribution >= 0.6 is 0 Å². The van der Waals surface area contributed by atoms with E-state index in [0.29, 0.717) is 12.1 Å². The summed E-state index contributed by atoms with van der Waals surface area (Å²) in [5.74, 6) is 0.814. The van der Waals surface area contributed by atoms with Crippen LogP contribution in [0.3, 0.4) is 0 Å². The van der Waals surface area contributed by atoms with Crippen molar-refractivity contribution in [3.8, 4) is 0 Å². The average molecular weight is 287 g/mol. The van der Waals surface area contributed by atoms with E-state index in [4.69, 9.17) is 0 Å². The summed E-state index contributed by atoms with van der Waals surface area (Å²) in [6.45, 7) is 3.46. The first-order valence-electron chi connectivity index (χ1n) is 8.35. The van der Waals surface area contributed by atoms with Crippen molar-refractivity contribution in [2.75, 3.05) is 40.8 Å².